The van der Waals surface area contributed by atoms with Gasteiger partial charge < -0.3 is 9.88 Å². The molecule has 1 aliphatic heterocycles. The van der Waals surface area contributed by atoms with Crippen LogP contribution in [-0.4, -0.2) is 61.2 Å². The molecular formula is C31H32N8O3. The molecule has 0 aliphatic carbocycles. The van der Waals surface area contributed by atoms with Crippen LogP contribution in [0.2, 0.25) is 0 Å². The highest BCUT2D eigenvalue weighted by Crippen LogP contribution is 2.30. The lowest BCUT2D eigenvalue weighted by Crippen LogP contribution is -2.49. The molecular weight excluding hydrogens is 532 g/mol. The van der Waals surface area contributed by atoms with Crippen molar-refractivity contribution in [2.24, 2.45) is 0 Å². The lowest BCUT2D eigenvalue weighted by molar-refractivity contribution is -0.384. The van der Waals surface area contributed by atoms with Gasteiger partial charge in [-0.2, -0.15) is 0 Å². The van der Waals surface area contributed by atoms with Gasteiger partial charge in [-0.3, -0.25) is 19.8 Å². The Labute approximate surface area is 242 Å². The standard InChI is InChI=1S/C31H32N8O3/c1-21-8-9-22(2)28-26(21)20-27(31(40)32-28)29(30-33-34-35-38(30)15-14-23-6-4-3-5-7-23)37-18-16-36(17-19-37)24-10-12-25(13-11-24)39(41)42/h3-13,20,29H,14-19H2,1-2H3,(H,32,40)/t29-/m1/s1. The van der Waals surface area contributed by atoms with Crippen molar-refractivity contribution in [2.75, 3.05) is 31.1 Å². The van der Waals surface area contributed by atoms with Gasteiger partial charge in [-0.05, 0) is 65.6 Å². The van der Waals surface area contributed by atoms with E-state index in [0.717, 1.165) is 34.1 Å². The summed E-state index contributed by atoms with van der Waals surface area (Å²) in [6.45, 7) is 7.29. The normalized spacial score (nSPS) is 14.8. The van der Waals surface area contributed by atoms with Gasteiger partial charge in [0.1, 0.15) is 6.04 Å². The summed E-state index contributed by atoms with van der Waals surface area (Å²) >= 11 is 0. The zero-order valence-electron chi connectivity index (χ0n) is 23.6. The first-order valence-electron chi connectivity index (χ1n) is 14.1. The van der Waals surface area contributed by atoms with Crippen molar-refractivity contribution in [3.05, 3.63) is 121 Å². The number of nitrogens with one attached hydrogen (secondary N) is 1. The van der Waals surface area contributed by atoms with Gasteiger partial charge in [-0.25, -0.2) is 4.68 Å². The van der Waals surface area contributed by atoms with Crippen molar-refractivity contribution in [3.63, 3.8) is 0 Å². The highest BCUT2D eigenvalue weighted by Gasteiger charge is 2.33. The summed E-state index contributed by atoms with van der Waals surface area (Å²) in [7, 11) is 0. The zero-order valence-corrected chi connectivity index (χ0v) is 23.6. The molecule has 0 radical (unpaired) electrons. The Hall–Kier alpha value is -4.90. The van der Waals surface area contributed by atoms with E-state index < -0.39 is 11.0 Å². The first kappa shape index (κ1) is 27.3. The summed E-state index contributed by atoms with van der Waals surface area (Å²) in [6.07, 6.45) is 0.756. The van der Waals surface area contributed by atoms with Crippen LogP contribution in [0.4, 0.5) is 11.4 Å². The van der Waals surface area contributed by atoms with Gasteiger partial charge in [0.05, 0.1) is 10.4 Å². The summed E-state index contributed by atoms with van der Waals surface area (Å²) in [5.74, 6) is 0.630. The molecule has 0 amide bonds. The van der Waals surface area contributed by atoms with Crippen LogP contribution >= 0.6 is 0 Å². The molecule has 1 N–H and O–H groups in total. The fourth-order valence-electron chi connectivity index (χ4n) is 5.76. The van der Waals surface area contributed by atoms with Crippen LogP contribution < -0.4 is 10.5 Å². The Kier molecular flexibility index (Phi) is 7.49. The van der Waals surface area contributed by atoms with Gasteiger partial charge >= 0.3 is 0 Å². The molecule has 42 heavy (non-hydrogen) atoms. The highest BCUT2D eigenvalue weighted by atomic mass is 16.6. The number of fused-ring (bicyclic) bond motifs is 1. The van der Waals surface area contributed by atoms with Crippen molar-refractivity contribution < 1.29 is 4.92 Å². The Bertz CT molecular complexity index is 1770. The maximum absolute atomic E-state index is 13.7. The van der Waals surface area contributed by atoms with E-state index in [1.807, 2.05) is 48.9 Å². The van der Waals surface area contributed by atoms with E-state index in [9.17, 15) is 14.9 Å². The molecule has 3 heterocycles. The number of pyridine rings is 1. The Morgan fingerprint density at radius 2 is 1.67 bits per heavy atom. The first-order valence-corrected chi connectivity index (χ1v) is 14.1. The van der Waals surface area contributed by atoms with Crippen molar-refractivity contribution in [1.29, 1.82) is 0 Å². The number of aromatic nitrogens is 5. The molecule has 11 nitrogen and oxygen atoms in total. The smallest absolute Gasteiger partial charge is 0.269 e. The topological polar surface area (TPSA) is 126 Å². The fraction of sp³-hybridized carbons (Fsp3) is 0.290. The number of nitrogens with zero attached hydrogens (tertiary/aromatic N) is 7. The van der Waals surface area contributed by atoms with E-state index in [0.29, 0.717) is 44.1 Å². The molecule has 2 aromatic heterocycles. The lowest BCUT2D eigenvalue weighted by atomic mass is 9.99. The summed E-state index contributed by atoms with van der Waals surface area (Å²) < 4.78 is 1.81. The van der Waals surface area contributed by atoms with Gasteiger partial charge in [0.2, 0.25) is 0 Å². The van der Waals surface area contributed by atoms with Crippen molar-refractivity contribution in [1.82, 2.24) is 30.1 Å². The second-order valence-corrected chi connectivity index (χ2v) is 10.7. The molecule has 1 fully saturated rings. The van der Waals surface area contributed by atoms with E-state index in [1.165, 1.54) is 17.7 Å². The van der Waals surface area contributed by atoms with E-state index in [-0.39, 0.29) is 11.2 Å². The predicted octanol–water partition coefficient (Wildman–Crippen LogP) is 4.19. The van der Waals surface area contributed by atoms with E-state index in [1.54, 1.807) is 12.1 Å². The number of aromatic amines is 1. The molecule has 6 rings (SSSR count). The maximum atomic E-state index is 13.7. The van der Waals surface area contributed by atoms with Gasteiger partial charge in [0.15, 0.2) is 5.82 Å². The highest BCUT2D eigenvalue weighted by molar-refractivity contribution is 5.85. The molecule has 1 aliphatic rings. The number of non-ortho nitro benzene ring substituents is 1. The summed E-state index contributed by atoms with van der Waals surface area (Å²) in [5, 5.41) is 24.9. The Morgan fingerprint density at radius 1 is 0.952 bits per heavy atom. The number of nitro benzene ring substituents is 1. The predicted molar refractivity (Wildman–Crippen MR) is 161 cm³/mol. The van der Waals surface area contributed by atoms with Crippen LogP contribution in [0.25, 0.3) is 10.9 Å². The monoisotopic (exact) mass is 564 g/mol. The molecule has 0 bridgehead atoms. The number of benzene rings is 3. The van der Waals surface area contributed by atoms with Crippen molar-refractivity contribution in [2.45, 2.75) is 32.9 Å². The number of rotatable bonds is 8. The van der Waals surface area contributed by atoms with Crippen LogP contribution in [0.3, 0.4) is 0 Å². The average molecular weight is 565 g/mol. The number of H-pyrrole nitrogens is 1. The van der Waals surface area contributed by atoms with Crippen molar-refractivity contribution in [3.8, 4) is 0 Å². The molecule has 5 aromatic rings. The third-order valence-electron chi connectivity index (χ3n) is 8.13. The zero-order chi connectivity index (χ0) is 29.2. The minimum Gasteiger partial charge on any atom is -0.369 e. The molecule has 0 unspecified atom stereocenters. The molecule has 1 saturated heterocycles. The quantitative estimate of drug-likeness (QED) is 0.220. The van der Waals surface area contributed by atoms with Crippen LogP contribution in [0, 0.1) is 24.0 Å². The van der Waals surface area contributed by atoms with Crippen LogP contribution in [0.5, 0.6) is 0 Å². The number of aryl methyl sites for hydroxylation is 4. The van der Waals surface area contributed by atoms with Crippen molar-refractivity contribution >= 4 is 22.3 Å². The number of nitro groups is 1. The number of anilines is 1. The Balaban J connectivity index is 1.35. The summed E-state index contributed by atoms with van der Waals surface area (Å²) in [4.78, 5) is 32.0. The Morgan fingerprint density at radius 3 is 2.38 bits per heavy atom. The van der Waals surface area contributed by atoms with Crippen LogP contribution in [-0.2, 0) is 13.0 Å². The molecule has 11 heteroatoms. The summed E-state index contributed by atoms with van der Waals surface area (Å²) in [5.41, 5.74) is 5.57. The SMILES string of the molecule is Cc1ccc(C)c2[nH]c(=O)c([C@H](c3nnnn3CCc3ccccc3)N3CCN(c4ccc([N+](=O)[O-])cc4)CC3)cc12. The van der Waals surface area contributed by atoms with E-state index in [2.05, 4.69) is 48.5 Å². The van der Waals surface area contributed by atoms with Gasteiger partial charge in [0, 0.05) is 61.5 Å². The van der Waals surface area contributed by atoms with Crippen LogP contribution in [0.1, 0.15) is 34.1 Å². The second-order valence-electron chi connectivity index (χ2n) is 10.7. The molecule has 3 aromatic carbocycles. The summed E-state index contributed by atoms with van der Waals surface area (Å²) in [6, 6.07) is 22.5. The molecule has 214 valence electrons. The van der Waals surface area contributed by atoms with Gasteiger partial charge in [0.25, 0.3) is 11.2 Å². The van der Waals surface area contributed by atoms with Gasteiger partial charge in [-0.15, -0.1) is 5.10 Å². The van der Waals surface area contributed by atoms with E-state index >= 15 is 0 Å². The number of hydrogen-bond acceptors (Lipinski definition) is 8. The lowest BCUT2D eigenvalue weighted by Gasteiger charge is -2.39. The number of piperazine rings is 1. The second kappa shape index (κ2) is 11.5. The first-order chi connectivity index (χ1) is 20.4. The van der Waals surface area contributed by atoms with E-state index in [4.69, 9.17) is 0 Å². The largest absolute Gasteiger partial charge is 0.369 e. The minimum absolute atomic E-state index is 0.0702. The molecule has 0 saturated carbocycles. The van der Waals surface area contributed by atoms with Gasteiger partial charge in [-0.1, -0.05) is 42.5 Å². The number of hydrogen-bond donors (Lipinski definition) is 1. The molecule has 1 atom stereocenters. The minimum atomic E-state index is -0.456. The average Bonchev–Trinajstić information content (AvgIpc) is 3.48. The third-order valence-corrected chi connectivity index (χ3v) is 8.13. The maximum Gasteiger partial charge on any atom is 0.269 e. The third kappa shape index (κ3) is 5.38. The fourth-order valence-corrected chi connectivity index (χ4v) is 5.76. The molecule has 0 spiro atoms. The number of tetrazole rings is 1. The van der Waals surface area contributed by atoms with Crippen LogP contribution in [0.15, 0.2) is 77.6 Å².